The van der Waals surface area contributed by atoms with E-state index in [9.17, 15) is 4.79 Å². The molecule has 134 valence electrons. The lowest BCUT2D eigenvalue weighted by atomic mass is 9.93. The van der Waals surface area contributed by atoms with Crippen LogP contribution in [0.3, 0.4) is 0 Å². The summed E-state index contributed by atoms with van der Waals surface area (Å²) in [6.07, 6.45) is 10.8. The highest BCUT2D eigenvalue weighted by atomic mass is 16.7. The molecule has 4 nitrogen and oxygen atoms in total. The van der Waals surface area contributed by atoms with Crippen LogP contribution in [0.15, 0.2) is 30.3 Å². The van der Waals surface area contributed by atoms with Gasteiger partial charge >= 0.3 is 0 Å². The van der Waals surface area contributed by atoms with Crippen LogP contribution in [0.2, 0.25) is 0 Å². The predicted octanol–water partition coefficient (Wildman–Crippen LogP) is 3.74. The molecular weight excluding hydrogens is 300 g/mol. The molecule has 0 heterocycles. The van der Waals surface area contributed by atoms with Gasteiger partial charge in [-0.15, -0.1) is 0 Å². The topological polar surface area (TPSA) is 64.4 Å². The number of nitrogens with two attached hydrogens (primary N) is 1. The number of unbranched alkanes of at least 4 members (excludes halogenated alkanes) is 2. The summed E-state index contributed by atoms with van der Waals surface area (Å²) in [7, 11) is 0. The first-order chi connectivity index (χ1) is 11.8. The summed E-state index contributed by atoms with van der Waals surface area (Å²) < 4.78 is 0. The van der Waals surface area contributed by atoms with Crippen molar-refractivity contribution in [3.63, 3.8) is 0 Å². The second-order valence-corrected chi connectivity index (χ2v) is 6.87. The summed E-state index contributed by atoms with van der Waals surface area (Å²) in [5.41, 5.74) is 9.51. The van der Waals surface area contributed by atoms with Crippen LogP contribution in [-0.4, -0.2) is 18.6 Å². The van der Waals surface area contributed by atoms with Gasteiger partial charge in [-0.2, -0.15) is 0 Å². The van der Waals surface area contributed by atoms with Crippen molar-refractivity contribution >= 4 is 5.91 Å². The van der Waals surface area contributed by atoms with E-state index in [2.05, 4.69) is 17.6 Å². The summed E-state index contributed by atoms with van der Waals surface area (Å²) >= 11 is 0. The third-order valence-electron chi connectivity index (χ3n) is 4.83. The lowest BCUT2D eigenvalue weighted by Crippen LogP contribution is -2.36. The molecule has 0 spiro atoms. The second-order valence-electron chi connectivity index (χ2n) is 6.87. The summed E-state index contributed by atoms with van der Waals surface area (Å²) in [5.74, 6) is -0.00839. The first kappa shape index (κ1) is 18.9. The minimum atomic E-state index is -0.0336. The van der Waals surface area contributed by atoms with Crippen molar-refractivity contribution in [2.24, 2.45) is 11.7 Å². The Morgan fingerprint density at radius 1 is 1.12 bits per heavy atom. The van der Waals surface area contributed by atoms with Gasteiger partial charge in [0.2, 0.25) is 5.91 Å². The van der Waals surface area contributed by atoms with Crippen LogP contribution in [0.25, 0.3) is 0 Å². The molecule has 0 radical (unpaired) electrons. The molecule has 4 heteroatoms. The maximum absolute atomic E-state index is 12.6. The lowest BCUT2D eigenvalue weighted by Gasteiger charge is -2.23. The monoisotopic (exact) mass is 332 g/mol. The quantitative estimate of drug-likeness (QED) is 0.507. The van der Waals surface area contributed by atoms with Gasteiger partial charge in [0.05, 0.1) is 6.10 Å². The first-order valence-electron chi connectivity index (χ1n) is 9.49. The van der Waals surface area contributed by atoms with E-state index in [1.54, 1.807) is 0 Å². The van der Waals surface area contributed by atoms with Crippen molar-refractivity contribution in [2.45, 2.75) is 70.3 Å². The summed E-state index contributed by atoms with van der Waals surface area (Å²) in [4.78, 5) is 18.3. The third kappa shape index (κ3) is 7.02. The zero-order valence-electron chi connectivity index (χ0n) is 14.7. The Morgan fingerprint density at radius 3 is 2.58 bits per heavy atom. The van der Waals surface area contributed by atoms with E-state index in [4.69, 9.17) is 10.6 Å². The van der Waals surface area contributed by atoms with Gasteiger partial charge in [0.25, 0.3) is 0 Å². The summed E-state index contributed by atoms with van der Waals surface area (Å²) in [6, 6.07) is 10.2. The molecule has 1 fully saturated rings. The van der Waals surface area contributed by atoms with Crippen LogP contribution >= 0.6 is 0 Å². The Kier molecular flexibility index (Phi) is 8.85. The molecule has 1 aromatic rings. The van der Waals surface area contributed by atoms with Crippen LogP contribution in [0, 0.1) is 5.92 Å². The predicted molar refractivity (Wildman–Crippen MR) is 97.3 cm³/mol. The minimum absolute atomic E-state index is 0.0252. The number of hydroxylamine groups is 1. The summed E-state index contributed by atoms with van der Waals surface area (Å²) in [6.45, 7) is 0.723. The average molecular weight is 332 g/mol. The highest BCUT2D eigenvalue weighted by molar-refractivity contribution is 5.77. The van der Waals surface area contributed by atoms with Gasteiger partial charge in [-0.05, 0) is 44.2 Å². The average Bonchev–Trinajstić information content (AvgIpc) is 2.64. The van der Waals surface area contributed by atoms with Gasteiger partial charge in [0.15, 0.2) is 0 Å². The molecule has 0 saturated heterocycles. The van der Waals surface area contributed by atoms with Crippen LogP contribution in [0.5, 0.6) is 0 Å². The van der Waals surface area contributed by atoms with E-state index in [-0.39, 0.29) is 17.9 Å². The molecule has 1 atom stereocenters. The van der Waals surface area contributed by atoms with Crippen LogP contribution in [0.4, 0.5) is 0 Å². The van der Waals surface area contributed by atoms with Gasteiger partial charge in [0.1, 0.15) is 0 Å². The van der Waals surface area contributed by atoms with E-state index < -0.39 is 0 Å². The van der Waals surface area contributed by atoms with E-state index in [1.165, 1.54) is 24.8 Å². The van der Waals surface area contributed by atoms with E-state index in [0.29, 0.717) is 0 Å². The van der Waals surface area contributed by atoms with Gasteiger partial charge in [-0.25, -0.2) is 5.48 Å². The molecule has 1 aliphatic carbocycles. The Morgan fingerprint density at radius 2 is 1.88 bits per heavy atom. The molecule has 3 N–H and O–H groups in total. The third-order valence-corrected chi connectivity index (χ3v) is 4.83. The second kappa shape index (κ2) is 11.2. The molecule has 0 bridgehead atoms. The van der Waals surface area contributed by atoms with Crippen molar-refractivity contribution < 1.29 is 9.63 Å². The number of benzene rings is 1. The van der Waals surface area contributed by atoms with Crippen molar-refractivity contribution in [3.8, 4) is 0 Å². The van der Waals surface area contributed by atoms with Crippen molar-refractivity contribution in [1.29, 1.82) is 0 Å². The van der Waals surface area contributed by atoms with E-state index in [0.717, 1.165) is 51.5 Å². The molecule has 0 unspecified atom stereocenters. The fraction of sp³-hybridized carbons (Fsp3) is 0.650. The standard InChI is InChI=1S/C20H32N2O2/c21-15-9-3-6-12-18(16-17-10-4-1-5-11-17)20(23)22-24-19-13-7-2-8-14-19/h1,4-5,10-11,18-19H,2-3,6-9,12-16,21H2,(H,22,23)/t18-/m0/s1. The first-order valence-corrected chi connectivity index (χ1v) is 9.49. The number of carbonyl (C=O) groups is 1. The number of rotatable bonds is 10. The Labute approximate surface area is 146 Å². The number of nitrogens with one attached hydrogen (secondary N) is 1. The van der Waals surface area contributed by atoms with Crippen LogP contribution < -0.4 is 11.2 Å². The maximum Gasteiger partial charge on any atom is 0.246 e. The number of hydrogen-bond donors (Lipinski definition) is 2. The largest absolute Gasteiger partial charge is 0.330 e. The number of carbonyl (C=O) groups excluding carboxylic acids is 1. The van der Waals surface area contributed by atoms with Gasteiger partial charge < -0.3 is 5.73 Å². The smallest absolute Gasteiger partial charge is 0.246 e. The van der Waals surface area contributed by atoms with E-state index in [1.807, 2.05) is 18.2 Å². The van der Waals surface area contributed by atoms with E-state index >= 15 is 0 Å². The van der Waals surface area contributed by atoms with Gasteiger partial charge in [-0.3, -0.25) is 9.63 Å². The molecule has 1 saturated carbocycles. The zero-order valence-corrected chi connectivity index (χ0v) is 14.7. The number of amides is 1. The molecule has 0 aliphatic heterocycles. The molecule has 24 heavy (non-hydrogen) atoms. The van der Waals surface area contributed by atoms with Crippen molar-refractivity contribution in [3.05, 3.63) is 35.9 Å². The molecule has 1 aromatic carbocycles. The zero-order chi connectivity index (χ0) is 17.0. The normalized spacial score (nSPS) is 16.7. The van der Waals surface area contributed by atoms with Gasteiger partial charge in [-0.1, -0.05) is 62.4 Å². The molecule has 2 rings (SSSR count). The molecule has 1 aliphatic rings. The maximum atomic E-state index is 12.6. The SMILES string of the molecule is NCCCCC[C@@H](Cc1ccccc1)C(=O)NOC1CCCCC1. The highest BCUT2D eigenvalue weighted by Crippen LogP contribution is 2.20. The van der Waals surface area contributed by atoms with Crippen molar-refractivity contribution in [1.82, 2.24) is 5.48 Å². The Balaban J connectivity index is 1.83. The molecule has 1 amide bonds. The molecular formula is C20H32N2O2. The van der Waals surface area contributed by atoms with Crippen LogP contribution in [0.1, 0.15) is 63.4 Å². The molecule has 0 aromatic heterocycles. The summed E-state index contributed by atoms with van der Waals surface area (Å²) in [5, 5.41) is 0. The van der Waals surface area contributed by atoms with Gasteiger partial charge in [0, 0.05) is 5.92 Å². The lowest BCUT2D eigenvalue weighted by molar-refractivity contribution is -0.144. The van der Waals surface area contributed by atoms with Crippen LogP contribution in [-0.2, 0) is 16.1 Å². The fourth-order valence-corrected chi connectivity index (χ4v) is 3.34. The van der Waals surface area contributed by atoms with Crippen molar-refractivity contribution in [2.75, 3.05) is 6.54 Å². The Bertz CT molecular complexity index is 458. The fourth-order valence-electron chi connectivity index (χ4n) is 3.34. The highest BCUT2D eigenvalue weighted by Gasteiger charge is 2.21. The number of hydrogen-bond acceptors (Lipinski definition) is 3. The Hall–Kier alpha value is -1.39. The minimum Gasteiger partial charge on any atom is -0.330 e.